The molecule has 1 N–H and O–H groups in total. The van der Waals surface area contributed by atoms with Gasteiger partial charge in [0.25, 0.3) is 0 Å². The van der Waals surface area contributed by atoms with Crippen molar-refractivity contribution in [2.24, 2.45) is 5.92 Å². The topological polar surface area (TPSA) is 84.9 Å². The Morgan fingerprint density at radius 3 is 2.38 bits per heavy atom. The third-order valence-electron chi connectivity index (χ3n) is 6.17. The van der Waals surface area contributed by atoms with Crippen LogP contribution in [0.5, 0.6) is 0 Å². The summed E-state index contributed by atoms with van der Waals surface area (Å²) >= 11 is 0. The Hall–Kier alpha value is -1.79. The predicted molar refractivity (Wildman–Crippen MR) is 83.0 cm³/mol. The van der Waals surface area contributed by atoms with E-state index in [4.69, 9.17) is 9.47 Å². The Labute approximate surface area is 141 Å². The van der Waals surface area contributed by atoms with E-state index >= 15 is 0 Å². The molecular weight excluding hydrogens is 312 g/mol. The molecule has 7 nitrogen and oxygen atoms in total. The van der Waals surface area contributed by atoms with Gasteiger partial charge in [0.05, 0.1) is 18.9 Å². The van der Waals surface area contributed by atoms with Gasteiger partial charge in [0.15, 0.2) is 0 Å². The van der Waals surface area contributed by atoms with E-state index in [9.17, 15) is 14.4 Å². The molecule has 0 aromatic heterocycles. The molecule has 24 heavy (non-hydrogen) atoms. The lowest BCUT2D eigenvalue weighted by Crippen LogP contribution is -2.53. The summed E-state index contributed by atoms with van der Waals surface area (Å²) < 4.78 is 11.1. The molecule has 0 aromatic carbocycles. The van der Waals surface area contributed by atoms with E-state index in [1.54, 1.807) is 0 Å². The summed E-state index contributed by atoms with van der Waals surface area (Å²) in [5.74, 6) is -0.545. The van der Waals surface area contributed by atoms with Gasteiger partial charge in [-0.15, -0.1) is 0 Å². The van der Waals surface area contributed by atoms with Crippen molar-refractivity contribution in [1.82, 2.24) is 10.2 Å². The molecule has 4 fully saturated rings. The molecule has 0 radical (unpaired) electrons. The van der Waals surface area contributed by atoms with Crippen molar-refractivity contribution in [2.75, 3.05) is 19.6 Å². The first-order valence-corrected chi connectivity index (χ1v) is 9.00. The molecule has 1 atom stereocenters. The number of esters is 1. The molecule has 4 aliphatic rings. The average Bonchev–Trinajstić information content (AvgIpc) is 3.09. The predicted octanol–water partition coefficient (Wildman–Crippen LogP) is 1.35. The number of nitrogens with one attached hydrogen (secondary N) is 1. The maximum atomic E-state index is 13.1. The lowest BCUT2D eigenvalue weighted by Gasteiger charge is -2.41. The molecular formula is C17H24N2O5. The first-order chi connectivity index (χ1) is 11.5. The van der Waals surface area contributed by atoms with Crippen LogP contribution in [0.2, 0.25) is 0 Å². The van der Waals surface area contributed by atoms with Crippen molar-refractivity contribution in [2.45, 2.75) is 62.6 Å². The summed E-state index contributed by atoms with van der Waals surface area (Å²) in [4.78, 5) is 38.1. The van der Waals surface area contributed by atoms with Crippen LogP contribution in [0.15, 0.2) is 0 Å². The fourth-order valence-electron chi connectivity index (χ4n) is 4.74. The molecule has 3 aliphatic heterocycles. The third kappa shape index (κ3) is 2.54. The smallest absolute Gasteiger partial charge is 0.407 e. The Morgan fingerprint density at radius 2 is 1.75 bits per heavy atom. The first kappa shape index (κ1) is 15.7. The number of piperidine rings is 1. The molecule has 1 unspecified atom stereocenters. The second kappa shape index (κ2) is 5.63. The van der Waals surface area contributed by atoms with Gasteiger partial charge in [0.2, 0.25) is 5.91 Å². The average molecular weight is 336 g/mol. The molecule has 2 spiro atoms. The fourth-order valence-corrected chi connectivity index (χ4v) is 4.74. The van der Waals surface area contributed by atoms with Crippen molar-refractivity contribution in [3.05, 3.63) is 0 Å². The molecule has 4 rings (SSSR count). The SMILES string of the molecule is O=C1CC(C(=O)N2CCC3(CC2)CNC(=O)O3)C2(CCCCC2)O1. The van der Waals surface area contributed by atoms with E-state index in [-0.39, 0.29) is 30.3 Å². The Bertz CT molecular complexity index is 561. The fraction of sp³-hybridized carbons (Fsp3) is 0.824. The van der Waals surface area contributed by atoms with Crippen molar-refractivity contribution in [1.29, 1.82) is 0 Å². The van der Waals surface area contributed by atoms with E-state index in [2.05, 4.69) is 5.32 Å². The highest BCUT2D eigenvalue weighted by molar-refractivity contribution is 5.88. The highest BCUT2D eigenvalue weighted by atomic mass is 16.6. The van der Waals surface area contributed by atoms with Crippen LogP contribution in [0.3, 0.4) is 0 Å². The van der Waals surface area contributed by atoms with Crippen LogP contribution in [0.1, 0.15) is 51.4 Å². The standard InChI is InChI=1S/C17H24N2O5/c20-13-10-12(17(23-13)4-2-1-3-5-17)14(21)19-8-6-16(7-9-19)11-18-15(22)24-16/h12H,1-11H2,(H,18,22). The summed E-state index contributed by atoms with van der Waals surface area (Å²) in [7, 11) is 0. The van der Waals surface area contributed by atoms with Gasteiger partial charge in [-0.2, -0.15) is 0 Å². The van der Waals surface area contributed by atoms with Crippen molar-refractivity contribution < 1.29 is 23.9 Å². The number of carbonyl (C=O) groups is 3. The monoisotopic (exact) mass is 336 g/mol. The molecule has 2 amide bonds. The summed E-state index contributed by atoms with van der Waals surface area (Å²) in [5.41, 5.74) is -1.03. The van der Waals surface area contributed by atoms with Gasteiger partial charge in [-0.3, -0.25) is 9.59 Å². The van der Waals surface area contributed by atoms with Crippen LogP contribution in [-0.2, 0) is 19.1 Å². The van der Waals surface area contributed by atoms with Gasteiger partial charge in [-0.25, -0.2) is 4.79 Å². The zero-order valence-corrected chi connectivity index (χ0v) is 13.8. The number of ether oxygens (including phenoxy) is 2. The van der Waals surface area contributed by atoms with Gasteiger partial charge in [-0.05, 0) is 25.7 Å². The van der Waals surface area contributed by atoms with E-state index in [0.29, 0.717) is 32.5 Å². The van der Waals surface area contributed by atoms with Crippen LogP contribution in [0, 0.1) is 5.92 Å². The summed E-state index contributed by atoms with van der Waals surface area (Å²) in [6.45, 7) is 1.64. The first-order valence-electron chi connectivity index (χ1n) is 9.00. The maximum absolute atomic E-state index is 13.1. The zero-order valence-electron chi connectivity index (χ0n) is 13.8. The number of alkyl carbamates (subject to hydrolysis) is 1. The molecule has 0 bridgehead atoms. The molecule has 7 heteroatoms. The molecule has 1 aliphatic carbocycles. The van der Waals surface area contributed by atoms with Crippen molar-refractivity contribution >= 4 is 18.0 Å². The van der Waals surface area contributed by atoms with Crippen LogP contribution < -0.4 is 5.32 Å². The number of hydrogen-bond donors (Lipinski definition) is 1. The Balaban J connectivity index is 1.44. The van der Waals surface area contributed by atoms with Gasteiger partial charge in [-0.1, -0.05) is 6.42 Å². The minimum Gasteiger partial charge on any atom is -0.458 e. The lowest BCUT2D eigenvalue weighted by atomic mass is 9.75. The zero-order chi connectivity index (χ0) is 16.8. The summed E-state index contributed by atoms with van der Waals surface area (Å²) in [5, 5.41) is 2.70. The quantitative estimate of drug-likeness (QED) is 0.731. The van der Waals surface area contributed by atoms with Gasteiger partial charge < -0.3 is 19.7 Å². The molecule has 3 saturated heterocycles. The second-order valence-corrected chi connectivity index (χ2v) is 7.61. The number of rotatable bonds is 1. The third-order valence-corrected chi connectivity index (χ3v) is 6.17. The molecule has 1 saturated carbocycles. The number of carbonyl (C=O) groups excluding carboxylic acids is 3. The second-order valence-electron chi connectivity index (χ2n) is 7.61. The number of nitrogens with zero attached hydrogens (tertiary/aromatic N) is 1. The lowest BCUT2D eigenvalue weighted by molar-refractivity contribution is -0.156. The van der Waals surface area contributed by atoms with Crippen LogP contribution in [-0.4, -0.2) is 53.7 Å². The van der Waals surface area contributed by atoms with Crippen LogP contribution in [0.4, 0.5) is 4.79 Å². The number of likely N-dealkylation sites (tertiary alicyclic amines) is 1. The van der Waals surface area contributed by atoms with E-state index < -0.39 is 11.2 Å². The van der Waals surface area contributed by atoms with Gasteiger partial charge in [0, 0.05) is 25.9 Å². The Morgan fingerprint density at radius 1 is 1.04 bits per heavy atom. The van der Waals surface area contributed by atoms with Crippen molar-refractivity contribution in [3.8, 4) is 0 Å². The summed E-state index contributed by atoms with van der Waals surface area (Å²) in [6.07, 6.45) is 5.90. The number of amides is 2. The van der Waals surface area contributed by atoms with E-state index in [1.165, 1.54) is 0 Å². The van der Waals surface area contributed by atoms with E-state index in [1.807, 2.05) is 4.90 Å². The van der Waals surface area contributed by atoms with Gasteiger partial charge >= 0.3 is 12.1 Å². The van der Waals surface area contributed by atoms with Gasteiger partial charge in [0.1, 0.15) is 11.2 Å². The molecule has 3 heterocycles. The maximum Gasteiger partial charge on any atom is 0.407 e. The van der Waals surface area contributed by atoms with Crippen LogP contribution >= 0.6 is 0 Å². The van der Waals surface area contributed by atoms with E-state index in [0.717, 1.165) is 32.1 Å². The van der Waals surface area contributed by atoms with Crippen molar-refractivity contribution in [3.63, 3.8) is 0 Å². The normalized spacial score (nSPS) is 31.0. The minimum atomic E-state index is -0.567. The highest BCUT2D eigenvalue weighted by Gasteiger charge is 2.54. The summed E-state index contributed by atoms with van der Waals surface area (Å²) in [6, 6.07) is 0. The highest BCUT2D eigenvalue weighted by Crippen LogP contribution is 2.45. The largest absolute Gasteiger partial charge is 0.458 e. The molecule has 0 aromatic rings. The Kier molecular flexibility index (Phi) is 3.69. The molecule has 132 valence electrons. The number of hydrogen-bond acceptors (Lipinski definition) is 5. The minimum absolute atomic E-state index is 0.0369. The van der Waals surface area contributed by atoms with Crippen LogP contribution in [0.25, 0.3) is 0 Å².